The number of hydrogen-bond donors (Lipinski definition) is 1. The summed E-state index contributed by atoms with van der Waals surface area (Å²) >= 11 is 3.65. The third kappa shape index (κ3) is 3.99. The van der Waals surface area contributed by atoms with E-state index in [1.165, 1.54) is 17.3 Å². The van der Waals surface area contributed by atoms with Gasteiger partial charge >= 0.3 is 0 Å². The summed E-state index contributed by atoms with van der Waals surface area (Å²) in [5, 5.41) is 10.6. The highest BCUT2D eigenvalue weighted by molar-refractivity contribution is 9.10. The predicted molar refractivity (Wildman–Crippen MR) is 131 cm³/mol. The van der Waals surface area contributed by atoms with Crippen molar-refractivity contribution >= 4 is 27.0 Å². The molecule has 2 aromatic carbocycles. The molecule has 0 aliphatic rings. The van der Waals surface area contributed by atoms with E-state index in [4.69, 9.17) is 4.98 Å². The molecule has 4 aromatic rings. The Labute approximate surface area is 192 Å². The van der Waals surface area contributed by atoms with Gasteiger partial charge in [0.1, 0.15) is 17.1 Å². The molecule has 0 saturated carbocycles. The lowest BCUT2D eigenvalue weighted by Gasteiger charge is -2.27. The van der Waals surface area contributed by atoms with Crippen LogP contribution < -0.4 is 0 Å². The molecule has 4 rings (SSSR count). The Balaban J connectivity index is 2.12. The largest absolute Gasteiger partial charge is 0.506 e. The first-order valence-electron chi connectivity index (χ1n) is 10.4. The second-order valence-corrected chi connectivity index (χ2v) is 10.9. The van der Waals surface area contributed by atoms with Crippen molar-refractivity contribution in [3.8, 4) is 22.8 Å². The number of halogens is 1. The second-order valence-electron chi connectivity index (χ2n) is 10.0. The van der Waals surface area contributed by atoms with Gasteiger partial charge in [0.05, 0.1) is 17.3 Å². The van der Waals surface area contributed by atoms with Crippen LogP contribution in [-0.4, -0.2) is 19.6 Å². The molecule has 0 aliphatic carbocycles. The second kappa shape index (κ2) is 7.49. The molecule has 2 aromatic heterocycles. The first kappa shape index (κ1) is 21.6. The molecule has 0 fully saturated rings. The fraction of sp³-hybridized carbons (Fsp3) is 0.308. The van der Waals surface area contributed by atoms with Crippen LogP contribution in [0.25, 0.3) is 28.1 Å². The number of aromatic nitrogens is 3. The molecule has 1 N–H and O–H groups in total. The molecule has 0 saturated heterocycles. The highest BCUT2D eigenvalue weighted by atomic mass is 79.9. The van der Waals surface area contributed by atoms with Crippen LogP contribution in [0, 0.1) is 0 Å². The maximum Gasteiger partial charge on any atom is 0.149 e. The van der Waals surface area contributed by atoms with Crippen LogP contribution in [0.15, 0.2) is 59.3 Å². The molecule has 160 valence electrons. The standard InChI is InChI=1S/C26H28BrN3O/c1-25(2,3)16-12-17(26(4,5)6)14-18(13-16)30-21-9-7-8-20(27)23(21)29-24(30)19-10-11-28-15-22(19)31/h7-15,31H,1-6H3. The Kier molecular flexibility index (Phi) is 5.21. The van der Waals surface area contributed by atoms with Crippen molar-refractivity contribution in [1.82, 2.24) is 14.5 Å². The molecule has 2 heterocycles. The summed E-state index contributed by atoms with van der Waals surface area (Å²) in [5.41, 5.74) is 6.02. The van der Waals surface area contributed by atoms with Crippen LogP contribution >= 0.6 is 15.9 Å². The third-order valence-corrected chi connectivity index (χ3v) is 6.22. The number of benzene rings is 2. The van der Waals surface area contributed by atoms with Crippen LogP contribution in [0.4, 0.5) is 0 Å². The van der Waals surface area contributed by atoms with E-state index in [1.54, 1.807) is 12.3 Å². The average Bonchev–Trinajstić information content (AvgIpc) is 3.07. The van der Waals surface area contributed by atoms with Crippen molar-refractivity contribution < 1.29 is 5.11 Å². The minimum Gasteiger partial charge on any atom is -0.506 e. The lowest BCUT2D eigenvalue weighted by Crippen LogP contribution is -2.17. The topological polar surface area (TPSA) is 50.9 Å². The number of nitrogens with zero attached hydrogens (tertiary/aromatic N) is 3. The van der Waals surface area contributed by atoms with Crippen molar-refractivity contribution in [3.63, 3.8) is 0 Å². The van der Waals surface area contributed by atoms with Crippen LogP contribution in [0.3, 0.4) is 0 Å². The predicted octanol–water partition coefficient (Wildman–Crippen LogP) is 7.15. The van der Waals surface area contributed by atoms with E-state index >= 15 is 0 Å². The Morgan fingerprint density at radius 2 is 1.55 bits per heavy atom. The van der Waals surface area contributed by atoms with Gasteiger partial charge in [0.2, 0.25) is 0 Å². The van der Waals surface area contributed by atoms with Gasteiger partial charge in [0, 0.05) is 16.4 Å². The van der Waals surface area contributed by atoms with Gasteiger partial charge in [0.15, 0.2) is 0 Å². The van der Waals surface area contributed by atoms with Crippen molar-refractivity contribution in [3.05, 3.63) is 70.5 Å². The molecule has 0 amide bonds. The maximum atomic E-state index is 10.6. The van der Waals surface area contributed by atoms with E-state index in [9.17, 15) is 5.11 Å². The van der Waals surface area contributed by atoms with Gasteiger partial charge in [0.25, 0.3) is 0 Å². The zero-order valence-electron chi connectivity index (χ0n) is 18.9. The number of aromatic hydroxyl groups is 1. The summed E-state index contributed by atoms with van der Waals surface area (Å²) in [6.07, 6.45) is 3.14. The molecular weight excluding hydrogens is 450 g/mol. The van der Waals surface area contributed by atoms with E-state index in [1.807, 2.05) is 12.1 Å². The van der Waals surface area contributed by atoms with Crippen molar-refractivity contribution in [2.24, 2.45) is 0 Å². The number of fused-ring (bicyclic) bond motifs is 1. The highest BCUT2D eigenvalue weighted by Crippen LogP contribution is 2.38. The Hall–Kier alpha value is -2.66. The van der Waals surface area contributed by atoms with Crippen molar-refractivity contribution in [2.45, 2.75) is 52.4 Å². The maximum absolute atomic E-state index is 10.6. The lowest BCUT2D eigenvalue weighted by atomic mass is 9.80. The highest BCUT2D eigenvalue weighted by Gasteiger charge is 2.24. The summed E-state index contributed by atoms with van der Waals surface area (Å²) < 4.78 is 3.06. The first-order chi connectivity index (χ1) is 14.5. The van der Waals surface area contributed by atoms with Gasteiger partial charge < -0.3 is 5.11 Å². The van der Waals surface area contributed by atoms with Gasteiger partial charge in [-0.25, -0.2) is 4.98 Å². The SMILES string of the molecule is CC(C)(C)c1cc(-n2c(-c3ccncc3O)nc3c(Br)cccc32)cc(C(C)(C)C)c1. The van der Waals surface area contributed by atoms with Gasteiger partial charge in [-0.3, -0.25) is 9.55 Å². The van der Waals surface area contributed by atoms with Crippen LogP contribution in [-0.2, 0) is 10.8 Å². The Morgan fingerprint density at radius 1 is 0.903 bits per heavy atom. The molecule has 4 nitrogen and oxygen atoms in total. The molecule has 5 heteroatoms. The summed E-state index contributed by atoms with van der Waals surface area (Å²) in [7, 11) is 0. The molecule has 0 aliphatic heterocycles. The minimum absolute atomic E-state index is 0.00799. The summed E-state index contributed by atoms with van der Waals surface area (Å²) in [5.74, 6) is 0.797. The number of hydrogen-bond acceptors (Lipinski definition) is 3. The van der Waals surface area contributed by atoms with E-state index < -0.39 is 0 Å². The molecule has 0 unspecified atom stereocenters. The first-order valence-corrected chi connectivity index (χ1v) is 11.2. The van der Waals surface area contributed by atoms with Crippen LogP contribution in [0.5, 0.6) is 5.75 Å². The number of pyridine rings is 1. The number of imidazole rings is 1. The number of rotatable bonds is 2. The molecule has 31 heavy (non-hydrogen) atoms. The lowest BCUT2D eigenvalue weighted by molar-refractivity contribution is 0.474. The minimum atomic E-state index is -0.00799. The van der Waals surface area contributed by atoms with E-state index in [0.717, 1.165) is 21.2 Å². The zero-order chi connectivity index (χ0) is 22.6. The van der Waals surface area contributed by atoms with Gasteiger partial charge in [-0.1, -0.05) is 53.7 Å². The molecule has 0 bridgehead atoms. The smallest absolute Gasteiger partial charge is 0.149 e. The van der Waals surface area contributed by atoms with Gasteiger partial charge in [-0.15, -0.1) is 0 Å². The number of para-hydroxylation sites is 1. The normalized spacial score (nSPS) is 12.5. The quantitative estimate of drug-likeness (QED) is 0.333. The van der Waals surface area contributed by atoms with E-state index in [2.05, 4.69) is 91.3 Å². The molecule has 0 radical (unpaired) electrons. The van der Waals surface area contributed by atoms with Crippen molar-refractivity contribution in [1.29, 1.82) is 0 Å². The fourth-order valence-electron chi connectivity index (χ4n) is 3.69. The fourth-order valence-corrected chi connectivity index (χ4v) is 4.13. The van der Waals surface area contributed by atoms with E-state index in [-0.39, 0.29) is 16.6 Å². The zero-order valence-corrected chi connectivity index (χ0v) is 20.4. The Bertz CT molecular complexity index is 1240. The molecular formula is C26H28BrN3O. The summed E-state index contributed by atoms with van der Waals surface area (Å²) in [4.78, 5) is 8.97. The van der Waals surface area contributed by atoms with Gasteiger partial charge in [-0.05, 0) is 68.2 Å². The van der Waals surface area contributed by atoms with Crippen LogP contribution in [0.2, 0.25) is 0 Å². The van der Waals surface area contributed by atoms with Crippen LogP contribution in [0.1, 0.15) is 52.7 Å². The average molecular weight is 478 g/mol. The van der Waals surface area contributed by atoms with E-state index in [0.29, 0.717) is 11.4 Å². The monoisotopic (exact) mass is 477 g/mol. The summed E-state index contributed by atoms with van der Waals surface area (Å²) in [6.45, 7) is 13.4. The van der Waals surface area contributed by atoms with Gasteiger partial charge in [-0.2, -0.15) is 0 Å². The summed E-state index contributed by atoms with van der Waals surface area (Å²) in [6, 6.07) is 14.6. The third-order valence-electron chi connectivity index (χ3n) is 5.58. The molecule has 0 atom stereocenters. The Morgan fingerprint density at radius 3 is 2.13 bits per heavy atom. The molecule has 0 spiro atoms. The van der Waals surface area contributed by atoms with Crippen molar-refractivity contribution in [2.75, 3.05) is 0 Å².